The Hall–Kier alpha value is -0.940. The van der Waals surface area contributed by atoms with E-state index in [0.717, 1.165) is 21.3 Å². The summed E-state index contributed by atoms with van der Waals surface area (Å²) in [6, 6.07) is 5.34. The van der Waals surface area contributed by atoms with Crippen LogP contribution in [0.5, 0.6) is 0 Å². The number of benzene rings is 1. The molecule has 0 aliphatic carbocycles. The molecule has 2 aromatic rings. The van der Waals surface area contributed by atoms with Crippen molar-refractivity contribution in [3.63, 3.8) is 0 Å². The Bertz CT molecular complexity index is 577. The maximum Gasteiger partial charge on any atom is 0.166 e. The first kappa shape index (κ1) is 13.5. The van der Waals surface area contributed by atoms with Crippen LogP contribution in [0.2, 0.25) is 0 Å². The van der Waals surface area contributed by atoms with Crippen molar-refractivity contribution in [3.8, 4) is 0 Å². The number of hydrogen-bond donors (Lipinski definition) is 1. The van der Waals surface area contributed by atoms with Gasteiger partial charge in [0, 0.05) is 20.8 Å². The second-order valence-electron chi connectivity index (χ2n) is 4.02. The lowest BCUT2D eigenvalue weighted by molar-refractivity contribution is 0.625. The summed E-state index contributed by atoms with van der Waals surface area (Å²) in [6.45, 7) is 3.94. The van der Waals surface area contributed by atoms with Gasteiger partial charge in [-0.25, -0.2) is 9.37 Å². The molecule has 0 aliphatic heterocycles. The summed E-state index contributed by atoms with van der Waals surface area (Å²) in [5, 5.41) is 3.04. The summed E-state index contributed by atoms with van der Waals surface area (Å²) in [5.41, 5.74) is 2.95. The van der Waals surface area contributed by atoms with Gasteiger partial charge in [0.25, 0.3) is 0 Å². The molecular weight excluding hydrogens is 363 g/mol. The molecule has 0 amide bonds. The maximum atomic E-state index is 13.7. The van der Waals surface area contributed by atoms with E-state index in [0.29, 0.717) is 4.47 Å². The van der Waals surface area contributed by atoms with Crippen molar-refractivity contribution in [2.75, 3.05) is 5.32 Å². The number of aryl methyl sites for hydroxylation is 2. The van der Waals surface area contributed by atoms with Gasteiger partial charge < -0.3 is 5.32 Å². The molecule has 5 heteroatoms. The Morgan fingerprint density at radius 2 is 1.67 bits per heavy atom. The normalized spacial score (nSPS) is 10.5. The smallest absolute Gasteiger partial charge is 0.166 e. The molecule has 1 N–H and O–H groups in total. The largest absolute Gasteiger partial charge is 0.337 e. The molecule has 0 spiro atoms. The summed E-state index contributed by atoms with van der Waals surface area (Å²) in [6.07, 6.45) is 1.56. The highest BCUT2D eigenvalue weighted by molar-refractivity contribution is 9.10. The summed E-state index contributed by atoms with van der Waals surface area (Å²) in [4.78, 5) is 4.03. The van der Waals surface area contributed by atoms with Gasteiger partial charge in [0.1, 0.15) is 0 Å². The van der Waals surface area contributed by atoms with E-state index in [1.54, 1.807) is 6.20 Å². The van der Waals surface area contributed by atoms with Crippen molar-refractivity contribution in [2.45, 2.75) is 13.8 Å². The van der Waals surface area contributed by atoms with Crippen LogP contribution in [-0.4, -0.2) is 4.98 Å². The van der Waals surface area contributed by atoms with Gasteiger partial charge in [-0.1, -0.05) is 15.9 Å². The molecule has 2 rings (SSSR count). The first-order chi connectivity index (χ1) is 8.47. The van der Waals surface area contributed by atoms with Gasteiger partial charge in [0.2, 0.25) is 0 Å². The van der Waals surface area contributed by atoms with Crippen molar-refractivity contribution in [1.29, 1.82) is 0 Å². The van der Waals surface area contributed by atoms with E-state index in [9.17, 15) is 4.39 Å². The van der Waals surface area contributed by atoms with E-state index in [4.69, 9.17) is 0 Å². The number of aromatic nitrogens is 1. The lowest BCUT2D eigenvalue weighted by Gasteiger charge is -2.13. The molecule has 0 saturated carbocycles. The fourth-order valence-corrected chi connectivity index (χ4v) is 2.72. The minimum absolute atomic E-state index is 0.228. The lowest BCUT2D eigenvalue weighted by Crippen LogP contribution is -2.00. The standard InChI is InChI=1S/C13H11Br2FN2/c1-7-3-9(14)4-8(2)12(7)18-13-11(16)5-10(15)6-17-13/h3-6H,1-2H3,(H,17,18). The Labute approximate surface area is 122 Å². The summed E-state index contributed by atoms with van der Waals surface area (Å²) < 4.78 is 15.3. The zero-order chi connectivity index (χ0) is 13.3. The summed E-state index contributed by atoms with van der Waals surface area (Å²) in [5.74, 6) is -0.155. The highest BCUT2D eigenvalue weighted by atomic mass is 79.9. The first-order valence-electron chi connectivity index (χ1n) is 5.32. The quantitative estimate of drug-likeness (QED) is 0.791. The van der Waals surface area contributed by atoms with Crippen LogP contribution in [0, 0.1) is 19.7 Å². The molecule has 0 atom stereocenters. The third-order valence-electron chi connectivity index (χ3n) is 2.55. The number of hydrogen-bond acceptors (Lipinski definition) is 2. The minimum Gasteiger partial charge on any atom is -0.337 e. The molecular formula is C13H11Br2FN2. The van der Waals surface area contributed by atoms with Gasteiger partial charge in [0.15, 0.2) is 11.6 Å². The predicted molar refractivity (Wildman–Crippen MR) is 78.8 cm³/mol. The summed E-state index contributed by atoms with van der Waals surface area (Å²) in [7, 11) is 0. The molecule has 0 fully saturated rings. The van der Waals surface area contributed by atoms with Gasteiger partial charge in [-0.15, -0.1) is 0 Å². The van der Waals surface area contributed by atoms with Crippen LogP contribution in [0.3, 0.4) is 0 Å². The van der Waals surface area contributed by atoms with Gasteiger partial charge in [-0.05, 0) is 59.1 Å². The van der Waals surface area contributed by atoms with Crippen LogP contribution in [-0.2, 0) is 0 Å². The molecule has 18 heavy (non-hydrogen) atoms. The van der Waals surface area contributed by atoms with Gasteiger partial charge in [-0.3, -0.25) is 0 Å². The van der Waals surface area contributed by atoms with Crippen LogP contribution in [0.1, 0.15) is 11.1 Å². The molecule has 2 nitrogen and oxygen atoms in total. The second kappa shape index (κ2) is 5.36. The van der Waals surface area contributed by atoms with Crippen molar-refractivity contribution in [3.05, 3.63) is 50.3 Å². The van der Waals surface area contributed by atoms with Gasteiger partial charge in [0.05, 0.1) is 0 Å². The maximum absolute atomic E-state index is 13.7. The van der Waals surface area contributed by atoms with Crippen molar-refractivity contribution in [1.82, 2.24) is 4.98 Å². The van der Waals surface area contributed by atoms with Crippen LogP contribution in [0.25, 0.3) is 0 Å². The monoisotopic (exact) mass is 372 g/mol. The molecule has 94 valence electrons. The minimum atomic E-state index is -0.383. The van der Waals surface area contributed by atoms with Crippen molar-refractivity contribution < 1.29 is 4.39 Å². The molecule has 0 aliphatic rings. The zero-order valence-corrected chi connectivity index (χ0v) is 13.1. The Morgan fingerprint density at radius 1 is 1.06 bits per heavy atom. The number of nitrogens with zero attached hydrogens (tertiary/aromatic N) is 1. The number of nitrogens with one attached hydrogen (secondary N) is 1. The lowest BCUT2D eigenvalue weighted by atomic mass is 10.1. The molecule has 0 bridgehead atoms. The van der Waals surface area contributed by atoms with E-state index >= 15 is 0 Å². The highest BCUT2D eigenvalue weighted by Gasteiger charge is 2.09. The Balaban J connectivity index is 2.40. The van der Waals surface area contributed by atoms with E-state index in [1.807, 2.05) is 26.0 Å². The molecule has 0 radical (unpaired) electrons. The fraction of sp³-hybridized carbons (Fsp3) is 0.154. The van der Waals surface area contributed by atoms with E-state index in [1.165, 1.54) is 6.07 Å². The summed E-state index contributed by atoms with van der Waals surface area (Å²) >= 11 is 6.62. The third kappa shape index (κ3) is 2.90. The number of halogens is 3. The molecule has 1 aromatic carbocycles. The Kier molecular flexibility index (Phi) is 4.02. The van der Waals surface area contributed by atoms with E-state index < -0.39 is 0 Å². The Morgan fingerprint density at radius 3 is 2.22 bits per heavy atom. The highest BCUT2D eigenvalue weighted by Crippen LogP contribution is 2.28. The molecule has 1 aromatic heterocycles. The second-order valence-corrected chi connectivity index (χ2v) is 5.85. The van der Waals surface area contributed by atoms with Gasteiger partial charge in [-0.2, -0.15) is 0 Å². The SMILES string of the molecule is Cc1cc(Br)cc(C)c1Nc1ncc(Br)cc1F. The average molecular weight is 374 g/mol. The van der Waals surface area contributed by atoms with Gasteiger partial charge >= 0.3 is 0 Å². The predicted octanol–water partition coefficient (Wildman–Crippen LogP) is 5.11. The fourth-order valence-electron chi connectivity index (χ4n) is 1.73. The molecule has 1 heterocycles. The molecule has 0 unspecified atom stereocenters. The van der Waals surface area contributed by atoms with E-state index in [-0.39, 0.29) is 11.6 Å². The van der Waals surface area contributed by atoms with Crippen LogP contribution in [0.15, 0.2) is 33.3 Å². The van der Waals surface area contributed by atoms with Crippen molar-refractivity contribution >= 4 is 43.4 Å². The topological polar surface area (TPSA) is 24.9 Å². The number of anilines is 2. The van der Waals surface area contributed by atoms with Crippen LogP contribution in [0.4, 0.5) is 15.9 Å². The zero-order valence-electron chi connectivity index (χ0n) is 9.89. The number of pyridine rings is 1. The average Bonchev–Trinajstić information content (AvgIpc) is 2.25. The molecule has 0 saturated heterocycles. The van der Waals surface area contributed by atoms with Crippen molar-refractivity contribution in [2.24, 2.45) is 0 Å². The third-order valence-corrected chi connectivity index (χ3v) is 3.44. The van der Waals surface area contributed by atoms with Crippen LogP contribution >= 0.6 is 31.9 Å². The number of rotatable bonds is 2. The first-order valence-corrected chi connectivity index (χ1v) is 6.91. The van der Waals surface area contributed by atoms with Crippen LogP contribution < -0.4 is 5.32 Å². The van der Waals surface area contributed by atoms with E-state index in [2.05, 4.69) is 42.2 Å².